The van der Waals surface area contributed by atoms with E-state index in [4.69, 9.17) is 32.8 Å². The Labute approximate surface area is 348 Å². The predicted octanol–water partition coefficient (Wildman–Crippen LogP) is 8.03. The molecule has 0 aliphatic carbocycles. The molecule has 2 aromatic rings. The van der Waals surface area contributed by atoms with E-state index in [-0.39, 0.29) is 49.8 Å². The van der Waals surface area contributed by atoms with Gasteiger partial charge >= 0.3 is 18.1 Å². The van der Waals surface area contributed by atoms with E-state index in [1.54, 1.807) is 33.4 Å². The van der Waals surface area contributed by atoms with Gasteiger partial charge in [0.1, 0.15) is 47.5 Å². The molecule has 0 radical (unpaired) electrons. The topological polar surface area (TPSA) is 169 Å². The van der Waals surface area contributed by atoms with Gasteiger partial charge in [0.15, 0.2) is 12.0 Å². The zero-order chi connectivity index (χ0) is 41.8. The number of hydrogen-bond donors (Lipinski definition) is 1. The number of methoxy groups -OCH3 is 1. The minimum atomic E-state index is -1.63. The summed E-state index contributed by atoms with van der Waals surface area (Å²) < 4.78 is 40.5. The van der Waals surface area contributed by atoms with E-state index >= 15 is 0 Å². The van der Waals surface area contributed by atoms with E-state index < -0.39 is 54.2 Å². The molecule has 3 aliphatic heterocycles. The third-order valence-corrected chi connectivity index (χ3v) is 12.8. The molecule has 2 saturated heterocycles. The average Bonchev–Trinajstić information content (AvgIpc) is 3.83. The van der Waals surface area contributed by atoms with E-state index in [0.717, 1.165) is 21.9 Å². The molecule has 5 rings (SSSR count). The Balaban J connectivity index is 1.36. The van der Waals surface area contributed by atoms with Crippen molar-refractivity contribution in [3.05, 3.63) is 83.8 Å². The highest BCUT2D eigenvalue weighted by Gasteiger charge is 2.50. The van der Waals surface area contributed by atoms with Gasteiger partial charge in [-0.1, -0.05) is 61.1 Å². The lowest BCUT2D eigenvalue weighted by molar-refractivity contribution is -0.162. The molecule has 13 nitrogen and oxygen atoms in total. The number of aryl methyl sites for hydroxylation is 1. The van der Waals surface area contributed by atoms with Crippen molar-refractivity contribution >= 4 is 45.8 Å². The second-order valence-electron chi connectivity index (χ2n) is 15.5. The smallest absolute Gasteiger partial charge is 0.462 e. The number of rotatable bonds is 13. The molecule has 316 valence electrons. The minimum absolute atomic E-state index is 0.0105. The molecule has 1 N–H and O–H groups in total. The molecule has 10 atom stereocenters. The maximum absolute atomic E-state index is 13.8. The Morgan fingerprint density at radius 1 is 1.16 bits per heavy atom. The summed E-state index contributed by atoms with van der Waals surface area (Å²) >= 11 is 0. The monoisotopic (exact) mass is 840 g/mol. The molecule has 0 amide bonds. The van der Waals surface area contributed by atoms with Gasteiger partial charge in [0.2, 0.25) is 0 Å². The largest absolute Gasteiger partial charge is 0.508 e. The molecule has 2 aromatic heterocycles. The lowest BCUT2D eigenvalue weighted by atomic mass is 9.83. The molecule has 0 unspecified atom stereocenters. The summed E-state index contributed by atoms with van der Waals surface area (Å²) in [6, 6.07) is 5.63. The minimum Gasteiger partial charge on any atom is -0.462 e. The zero-order valence-electron chi connectivity index (χ0n) is 34.2. The molecule has 2 fully saturated rings. The van der Waals surface area contributed by atoms with Crippen molar-refractivity contribution in [1.29, 1.82) is 0 Å². The fourth-order valence-corrected chi connectivity index (χ4v) is 8.97. The van der Waals surface area contributed by atoms with Crippen LogP contribution in [-0.4, -0.2) is 94.9 Å². The Kier molecular flexibility index (Phi) is 16.7. The summed E-state index contributed by atoms with van der Waals surface area (Å²) in [5.41, 5.74) is 0.888. The number of allylic oxidation sites excluding steroid dienone is 4. The molecule has 0 spiro atoms. The molecule has 2 bridgehead atoms. The number of esters is 2. The van der Waals surface area contributed by atoms with E-state index in [1.807, 2.05) is 82.4 Å². The van der Waals surface area contributed by atoms with Gasteiger partial charge in [-0.25, -0.2) is 19.6 Å². The fraction of sp³-hybridized carbons (Fsp3) is 0.558. The van der Waals surface area contributed by atoms with Crippen molar-refractivity contribution in [2.24, 2.45) is 17.8 Å². The highest BCUT2D eigenvalue weighted by Crippen LogP contribution is 2.38. The number of aromatic nitrogens is 2. The maximum atomic E-state index is 13.8. The first kappa shape index (κ1) is 45.2. The lowest BCUT2D eigenvalue weighted by Crippen LogP contribution is -2.47. The molecule has 0 aromatic carbocycles. The van der Waals surface area contributed by atoms with Gasteiger partial charge in [0.25, 0.3) is 0 Å². The molecule has 58 heavy (non-hydrogen) atoms. The van der Waals surface area contributed by atoms with E-state index in [2.05, 4.69) is 9.97 Å². The van der Waals surface area contributed by atoms with Gasteiger partial charge in [-0.3, -0.25) is 4.79 Å². The first-order valence-electron chi connectivity index (χ1n) is 19.7. The Morgan fingerprint density at radius 2 is 1.95 bits per heavy atom. The van der Waals surface area contributed by atoms with E-state index in [9.17, 15) is 19.5 Å². The Hall–Kier alpha value is -3.89. The number of hydrogen-bond acceptors (Lipinski definition) is 15. The zero-order valence-corrected chi connectivity index (χ0v) is 35.9. The van der Waals surface area contributed by atoms with Gasteiger partial charge in [0, 0.05) is 50.7 Å². The fourth-order valence-electron chi connectivity index (χ4n) is 7.27. The van der Waals surface area contributed by atoms with Crippen LogP contribution in [-0.2, 0) is 38.0 Å². The summed E-state index contributed by atoms with van der Waals surface area (Å²) in [6.45, 7) is 11.1. The highest BCUT2D eigenvalue weighted by atomic mass is 33.1. The van der Waals surface area contributed by atoms with Crippen molar-refractivity contribution in [1.82, 2.24) is 9.97 Å². The molecule has 5 heterocycles. The quantitative estimate of drug-likeness (QED) is 0.0391. The van der Waals surface area contributed by atoms with Crippen LogP contribution in [0.4, 0.5) is 4.79 Å². The standard InChI is InChI=1S/C43H56N2O11S2/c1-26(20-32-25-52-30(5)45-32)12-10-13-28(3)39(50-7)29(4)34-24-36(56-42(48)51-18-19-57-58-37-15-8-9-17-44-37)43(6,49)16-11-14-27(2)33-21-31(23-38(46)53-33)22-35-40(54-35)41(47)55-34/h8-15,17,20,25,27,29,31,33-36,39-40,49H,16,18-19,21-24H2,1-7H3/b12-10+,14-11+,26-20+,28-13+/t27-,29+,31+,33-,34+,35+,36+,39+,40-,43+/m1/s1. The van der Waals surface area contributed by atoms with Crippen LogP contribution in [0.5, 0.6) is 0 Å². The summed E-state index contributed by atoms with van der Waals surface area (Å²) in [4.78, 5) is 48.2. The number of fused-ring (bicyclic) bond motifs is 3. The molecule has 3 aliphatic rings. The van der Waals surface area contributed by atoms with Gasteiger partial charge in [-0.2, -0.15) is 0 Å². The van der Waals surface area contributed by atoms with Crippen LogP contribution in [0.2, 0.25) is 0 Å². The van der Waals surface area contributed by atoms with Crippen molar-refractivity contribution < 1.29 is 52.3 Å². The predicted molar refractivity (Wildman–Crippen MR) is 220 cm³/mol. The van der Waals surface area contributed by atoms with Gasteiger partial charge < -0.3 is 37.9 Å². The van der Waals surface area contributed by atoms with Crippen LogP contribution < -0.4 is 0 Å². The Bertz CT molecular complexity index is 1810. The lowest BCUT2D eigenvalue weighted by Gasteiger charge is -2.37. The molecular formula is C43H56N2O11S2. The number of cyclic esters (lactones) is 1. The van der Waals surface area contributed by atoms with Gasteiger partial charge in [-0.05, 0) is 86.1 Å². The third-order valence-electron chi connectivity index (χ3n) is 10.6. The highest BCUT2D eigenvalue weighted by molar-refractivity contribution is 8.76. The van der Waals surface area contributed by atoms with Gasteiger partial charge in [0.05, 0.1) is 12.2 Å². The number of ether oxygens (including phenoxy) is 6. The van der Waals surface area contributed by atoms with Crippen LogP contribution in [0, 0.1) is 24.7 Å². The van der Waals surface area contributed by atoms with Crippen LogP contribution >= 0.6 is 21.6 Å². The number of aliphatic hydroxyl groups is 1. The third kappa shape index (κ3) is 13.6. The summed E-state index contributed by atoms with van der Waals surface area (Å²) in [5.74, 6) is -0.442. The molecule has 0 saturated carbocycles. The summed E-state index contributed by atoms with van der Waals surface area (Å²) in [5, 5.41) is 12.9. The first-order valence-corrected chi connectivity index (χ1v) is 22.0. The van der Waals surface area contributed by atoms with Gasteiger partial charge in [-0.15, -0.1) is 0 Å². The van der Waals surface area contributed by atoms with Crippen LogP contribution in [0.15, 0.2) is 81.6 Å². The van der Waals surface area contributed by atoms with Crippen molar-refractivity contribution in [2.45, 2.75) is 121 Å². The van der Waals surface area contributed by atoms with Crippen molar-refractivity contribution in [3.8, 4) is 0 Å². The second-order valence-corrected chi connectivity index (χ2v) is 17.9. The number of carbonyl (C=O) groups excluding carboxylic acids is 3. The maximum Gasteiger partial charge on any atom is 0.508 e. The average molecular weight is 841 g/mol. The molecular weight excluding hydrogens is 785 g/mol. The summed E-state index contributed by atoms with van der Waals surface area (Å²) in [6.07, 6.45) is 11.0. The van der Waals surface area contributed by atoms with Crippen molar-refractivity contribution in [3.63, 3.8) is 0 Å². The van der Waals surface area contributed by atoms with Crippen LogP contribution in [0.25, 0.3) is 6.08 Å². The van der Waals surface area contributed by atoms with Crippen LogP contribution in [0.3, 0.4) is 0 Å². The number of pyridine rings is 1. The Morgan fingerprint density at radius 3 is 2.67 bits per heavy atom. The number of epoxide rings is 1. The number of oxazole rings is 1. The first-order chi connectivity index (χ1) is 27.7. The molecule has 15 heteroatoms. The SMILES string of the molecule is CO[C@@H](/C(C)=C/C=C/C(C)=C/c1coc(C)n1)[C@@H](C)[C@@H]1C[C@H](OC(=O)OCCSSc2ccccn2)[C@@](C)(O)C/C=C/[C@@H](C)[C@H]2C[C@H](CC(=O)O2)C[C@@H]2O[C@H]2C(=O)O1. The summed E-state index contributed by atoms with van der Waals surface area (Å²) in [7, 11) is 4.52. The second kappa shape index (κ2) is 21.4. The van der Waals surface area contributed by atoms with E-state index in [0.29, 0.717) is 24.5 Å². The normalized spacial score (nSPS) is 30.1. The van der Waals surface area contributed by atoms with Crippen LogP contribution in [0.1, 0.15) is 78.3 Å². The van der Waals surface area contributed by atoms with Crippen molar-refractivity contribution in [2.75, 3.05) is 19.5 Å². The van der Waals surface area contributed by atoms with E-state index in [1.165, 1.54) is 21.6 Å². The number of nitrogens with zero attached hydrogens (tertiary/aromatic N) is 2. The number of carbonyl (C=O) groups is 3.